The zero-order chi connectivity index (χ0) is 13.7. The number of hydrogen-bond donors (Lipinski definition) is 0. The van der Waals surface area contributed by atoms with Gasteiger partial charge in [-0.15, -0.1) is 0 Å². The summed E-state index contributed by atoms with van der Waals surface area (Å²) < 4.78 is 12.7. The number of benzene rings is 2. The number of carbonyl (C=O) groups is 2. The molecule has 2 aromatic carbocycles. The summed E-state index contributed by atoms with van der Waals surface area (Å²) in [6.45, 7) is 0. The normalized spacial score (nSPS) is 10.2. The molecule has 0 radical (unpaired) electrons. The molecule has 2 rings (SSSR count). The van der Waals surface area contributed by atoms with Crippen LogP contribution in [0.15, 0.2) is 48.5 Å². The van der Waals surface area contributed by atoms with Crippen molar-refractivity contribution in [2.45, 2.75) is 12.8 Å². The number of carbonyl (C=O) groups excluding carboxylic acids is 2. The summed E-state index contributed by atoms with van der Waals surface area (Å²) in [6.07, 6.45) is 1.69. The van der Waals surface area contributed by atoms with E-state index in [-0.39, 0.29) is 11.6 Å². The van der Waals surface area contributed by atoms with Gasteiger partial charge in [0.25, 0.3) is 0 Å². The molecule has 2 nitrogen and oxygen atoms in total. The Morgan fingerprint density at radius 2 is 1.63 bits per heavy atom. The van der Waals surface area contributed by atoms with E-state index in [1.807, 2.05) is 0 Å². The van der Waals surface area contributed by atoms with Crippen LogP contribution in [0.4, 0.5) is 4.39 Å². The van der Waals surface area contributed by atoms with Crippen LogP contribution in [0.5, 0.6) is 0 Å². The van der Waals surface area contributed by atoms with E-state index >= 15 is 0 Å². The number of halogens is 1. The highest BCUT2D eigenvalue weighted by atomic mass is 19.1. The Kier molecular flexibility index (Phi) is 4.18. The van der Waals surface area contributed by atoms with Gasteiger partial charge < -0.3 is 0 Å². The maximum Gasteiger partial charge on any atom is 0.163 e. The first-order valence-corrected chi connectivity index (χ1v) is 6.02. The van der Waals surface area contributed by atoms with Gasteiger partial charge in [-0.1, -0.05) is 36.4 Å². The van der Waals surface area contributed by atoms with Gasteiger partial charge in [0.05, 0.1) is 0 Å². The lowest BCUT2D eigenvalue weighted by molar-refractivity contribution is 0.0982. The maximum atomic E-state index is 12.7. The SMILES string of the molecule is O=Cc1ccc(C(=O)CCc2ccc(F)cc2)cc1. The molecule has 2 aromatic rings. The summed E-state index contributed by atoms with van der Waals surface area (Å²) >= 11 is 0. The van der Waals surface area contributed by atoms with Gasteiger partial charge in [-0.2, -0.15) is 0 Å². The Morgan fingerprint density at radius 1 is 1.00 bits per heavy atom. The van der Waals surface area contributed by atoms with Crippen LogP contribution in [-0.2, 0) is 6.42 Å². The molecular weight excluding hydrogens is 243 g/mol. The van der Waals surface area contributed by atoms with Crippen LogP contribution in [0, 0.1) is 5.82 Å². The lowest BCUT2D eigenvalue weighted by atomic mass is 10.0. The standard InChI is InChI=1S/C16H13FO2/c17-15-8-3-12(4-9-15)5-10-16(19)14-6-1-13(11-18)2-7-14/h1-4,6-9,11H,5,10H2. The summed E-state index contributed by atoms with van der Waals surface area (Å²) in [5.41, 5.74) is 2.07. The van der Waals surface area contributed by atoms with E-state index in [0.29, 0.717) is 24.0 Å². The number of aldehydes is 1. The van der Waals surface area contributed by atoms with Crippen LogP contribution in [0.25, 0.3) is 0 Å². The summed E-state index contributed by atoms with van der Waals surface area (Å²) in [7, 11) is 0. The average Bonchev–Trinajstić information content (AvgIpc) is 2.46. The molecule has 0 aliphatic rings. The smallest absolute Gasteiger partial charge is 0.163 e. The second-order valence-electron chi connectivity index (χ2n) is 4.29. The van der Waals surface area contributed by atoms with Crippen molar-refractivity contribution < 1.29 is 14.0 Å². The molecular formula is C16H13FO2. The van der Waals surface area contributed by atoms with Crippen molar-refractivity contribution in [1.82, 2.24) is 0 Å². The fourth-order valence-electron chi connectivity index (χ4n) is 1.80. The van der Waals surface area contributed by atoms with Crippen molar-refractivity contribution in [1.29, 1.82) is 0 Å². The lowest BCUT2D eigenvalue weighted by Gasteiger charge is -2.02. The molecule has 0 saturated carbocycles. The summed E-state index contributed by atoms with van der Waals surface area (Å²) in [5.74, 6) is -0.263. The van der Waals surface area contributed by atoms with E-state index in [9.17, 15) is 14.0 Å². The van der Waals surface area contributed by atoms with Gasteiger partial charge in [0.1, 0.15) is 12.1 Å². The fourth-order valence-corrected chi connectivity index (χ4v) is 1.80. The maximum absolute atomic E-state index is 12.7. The third-order valence-corrected chi connectivity index (χ3v) is 2.92. The molecule has 19 heavy (non-hydrogen) atoms. The van der Waals surface area contributed by atoms with Crippen LogP contribution in [0.2, 0.25) is 0 Å². The number of ketones is 1. The van der Waals surface area contributed by atoms with E-state index < -0.39 is 0 Å². The first-order chi connectivity index (χ1) is 9.19. The van der Waals surface area contributed by atoms with Crippen molar-refractivity contribution in [3.05, 3.63) is 71.0 Å². The highest BCUT2D eigenvalue weighted by molar-refractivity contribution is 5.96. The van der Waals surface area contributed by atoms with Crippen LogP contribution in [-0.4, -0.2) is 12.1 Å². The topological polar surface area (TPSA) is 34.1 Å². The summed E-state index contributed by atoms with van der Waals surface area (Å²) in [4.78, 5) is 22.4. The molecule has 0 aliphatic heterocycles. The van der Waals surface area contributed by atoms with Crippen LogP contribution < -0.4 is 0 Å². The molecule has 3 heteroatoms. The van der Waals surface area contributed by atoms with Gasteiger partial charge in [-0.3, -0.25) is 9.59 Å². The molecule has 0 aliphatic carbocycles. The second kappa shape index (κ2) is 6.05. The molecule has 0 spiro atoms. The number of aryl methyl sites for hydroxylation is 1. The van der Waals surface area contributed by atoms with Crippen LogP contribution in [0.3, 0.4) is 0 Å². The highest BCUT2D eigenvalue weighted by Crippen LogP contribution is 2.10. The molecule has 0 heterocycles. The molecule has 0 unspecified atom stereocenters. The van der Waals surface area contributed by atoms with Crippen LogP contribution in [0.1, 0.15) is 32.7 Å². The lowest BCUT2D eigenvalue weighted by Crippen LogP contribution is -2.01. The van der Waals surface area contributed by atoms with Gasteiger partial charge in [-0.05, 0) is 24.1 Å². The minimum absolute atomic E-state index is 0.0155. The molecule has 0 atom stereocenters. The first kappa shape index (κ1) is 13.1. The van der Waals surface area contributed by atoms with Crippen molar-refractivity contribution in [3.8, 4) is 0 Å². The Morgan fingerprint density at radius 3 is 2.21 bits per heavy atom. The van der Waals surface area contributed by atoms with E-state index in [2.05, 4.69) is 0 Å². The Labute approximate surface area is 110 Å². The van der Waals surface area contributed by atoms with E-state index in [0.717, 1.165) is 11.8 Å². The van der Waals surface area contributed by atoms with Crippen molar-refractivity contribution in [2.75, 3.05) is 0 Å². The van der Waals surface area contributed by atoms with Gasteiger partial charge in [0.15, 0.2) is 5.78 Å². The predicted molar refractivity (Wildman–Crippen MR) is 70.9 cm³/mol. The van der Waals surface area contributed by atoms with Gasteiger partial charge in [-0.25, -0.2) is 4.39 Å². The quantitative estimate of drug-likeness (QED) is 0.606. The van der Waals surface area contributed by atoms with Crippen molar-refractivity contribution >= 4 is 12.1 Å². The van der Waals surface area contributed by atoms with Crippen molar-refractivity contribution in [3.63, 3.8) is 0 Å². The largest absolute Gasteiger partial charge is 0.298 e. The molecule has 0 amide bonds. The summed E-state index contributed by atoms with van der Waals surface area (Å²) in [5, 5.41) is 0. The zero-order valence-electron chi connectivity index (χ0n) is 10.3. The summed E-state index contributed by atoms with van der Waals surface area (Å²) in [6, 6.07) is 12.7. The number of rotatable bonds is 5. The molecule has 0 N–H and O–H groups in total. The van der Waals surface area contributed by atoms with Crippen LogP contribution >= 0.6 is 0 Å². The minimum Gasteiger partial charge on any atom is -0.298 e. The Hall–Kier alpha value is -2.29. The molecule has 96 valence electrons. The highest BCUT2D eigenvalue weighted by Gasteiger charge is 2.06. The third kappa shape index (κ3) is 3.58. The van der Waals surface area contributed by atoms with Crippen molar-refractivity contribution in [2.24, 2.45) is 0 Å². The molecule has 0 bridgehead atoms. The second-order valence-corrected chi connectivity index (χ2v) is 4.29. The molecule has 0 aromatic heterocycles. The van der Waals surface area contributed by atoms with Gasteiger partial charge in [0, 0.05) is 17.5 Å². The Balaban J connectivity index is 1.96. The number of hydrogen-bond acceptors (Lipinski definition) is 2. The number of Topliss-reactive ketones (excluding diaryl/α,β-unsaturated/α-hetero) is 1. The monoisotopic (exact) mass is 256 g/mol. The first-order valence-electron chi connectivity index (χ1n) is 6.02. The fraction of sp³-hybridized carbons (Fsp3) is 0.125. The predicted octanol–water partition coefficient (Wildman–Crippen LogP) is 3.45. The average molecular weight is 256 g/mol. The van der Waals surface area contributed by atoms with E-state index in [1.54, 1.807) is 36.4 Å². The van der Waals surface area contributed by atoms with E-state index in [4.69, 9.17) is 0 Å². The zero-order valence-corrected chi connectivity index (χ0v) is 10.3. The van der Waals surface area contributed by atoms with E-state index in [1.165, 1.54) is 12.1 Å². The Bertz CT molecular complexity index is 571. The third-order valence-electron chi connectivity index (χ3n) is 2.92. The molecule has 0 saturated heterocycles. The van der Waals surface area contributed by atoms with Gasteiger partial charge in [0.2, 0.25) is 0 Å². The van der Waals surface area contributed by atoms with Gasteiger partial charge >= 0.3 is 0 Å². The molecule has 0 fully saturated rings. The minimum atomic E-state index is -0.278.